The van der Waals surface area contributed by atoms with E-state index in [0.29, 0.717) is 49.5 Å². The van der Waals surface area contributed by atoms with E-state index in [2.05, 4.69) is 20.4 Å². The highest BCUT2D eigenvalue weighted by atomic mass is 16.6. The highest BCUT2D eigenvalue weighted by Gasteiger charge is 2.35. The maximum atomic E-state index is 14.8. The Bertz CT molecular complexity index is 1950. The van der Waals surface area contributed by atoms with Gasteiger partial charge in [0.05, 0.1) is 33.0 Å². The molecule has 0 aliphatic carbocycles. The van der Waals surface area contributed by atoms with Gasteiger partial charge in [0.1, 0.15) is 0 Å². The van der Waals surface area contributed by atoms with Crippen LogP contribution >= 0.6 is 0 Å². The van der Waals surface area contributed by atoms with Crippen LogP contribution in [-0.4, -0.2) is 58.9 Å². The molecular formula is C36H38N8O6. The number of nitrogens with zero attached hydrogens (tertiary/aromatic N) is 6. The zero-order chi connectivity index (χ0) is 35.5. The number of rotatable bonds is 7. The van der Waals surface area contributed by atoms with E-state index in [9.17, 15) is 29.8 Å². The molecular weight excluding hydrogens is 640 g/mol. The number of hydrogen-bond donors (Lipinski definition) is 2. The van der Waals surface area contributed by atoms with Gasteiger partial charge >= 0.3 is 12.1 Å². The summed E-state index contributed by atoms with van der Waals surface area (Å²) in [5.41, 5.74) is 4.94. The molecule has 4 amide bonds. The topological polar surface area (TPSA) is 157 Å². The molecule has 0 spiro atoms. The number of nitro groups is 2. The van der Waals surface area contributed by atoms with Gasteiger partial charge in [0.15, 0.2) is 0 Å². The molecule has 4 aromatic carbocycles. The smallest absolute Gasteiger partial charge is 0.306 e. The fraction of sp³-hybridized carbons (Fsp3) is 0.278. The van der Waals surface area contributed by atoms with Gasteiger partial charge in [-0.3, -0.25) is 20.2 Å². The molecule has 0 unspecified atom stereocenters. The van der Waals surface area contributed by atoms with Crippen molar-refractivity contribution in [3.05, 3.63) is 127 Å². The van der Waals surface area contributed by atoms with Crippen LogP contribution in [-0.2, 0) is 32.4 Å². The Labute approximate surface area is 289 Å². The summed E-state index contributed by atoms with van der Waals surface area (Å²) in [4.78, 5) is 55.7. The molecule has 50 heavy (non-hydrogen) atoms. The van der Waals surface area contributed by atoms with E-state index in [4.69, 9.17) is 0 Å². The van der Waals surface area contributed by atoms with Crippen molar-refractivity contribution in [1.29, 1.82) is 0 Å². The third-order valence-electron chi connectivity index (χ3n) is 9.07. The Balaban J connectivity index is 1.54. The zero-order valence-corrected chi connectivity index (χ0v) is 28.1. The molecule has 0 atom stereocenters. The maximum absolute atomic E-state index is 14.8. The van der Waals surface area contributed by atoms with Gasteiger partial charge in [-0.1, -0.05) is 43.3 Å². The molecule has 0 aromatic heterocycles. The van der Waals surface area contributed by atoms with E-state index < -0.39 is 33.3 Å². The Morgan fingerprint density at radius 1 is 0.700 bits per heavy atom. The van der Waals surface area contributed by atoms with Crippen LogP contribution in [0.25, 0.3) is 0 Å². The van der Waals surface area contributed by atoms with Crippen molar-refractivity contribution in [2.24, 2.45) is 0 Å². The number of benzene rings is 4. The van der Waals surface area contributed by atoms with Crippen LogP contribution in [0.2, 0.25) is 0 Å². The lowest BCUT2D eigenvalue weighted by Crippen LogP contribution is -2.55. The second-order valence-corrected chi connectivity index (χ2v) is 12.6. The van der Waals surface area contributed by atoms with Crippen molar-refractivity contribution in [2.75, 3.05) is 47.8 Å². The molecule has 258 valence electrons. The number of fused-ring (bicyclic) bond motifs is 2. The number of amides is 4. The van der Waals surface area contributed by atoms with E-state index in [1.54, 1.807) is 18.2 Å². The number of hydrazine groups is 1. The zero-order valence-electron chi connectivity index (χ0n) is 28.1. The predicted molar refractivity (Wildman–Crippen MR) is 192 cm³/mol. The molecule has 2 aliphatic heterocycles. The second kappa shape index (κ2) is 14.3. The number of anilines is 4. The molecule has 14 heteroatoms. The monoisotopic (exact) mass is 678 g/mol. The highest BCUT2D eigenvalue weighted by molar-refractivity contribution is 6.14. The Hall–Kier alpha value is -5.86. The third-order valence-corrected chi connectivity index (χ3v) is 9.07. The Morgan fingerprint density at radius 3 is 1.66 bits per heavy atom. The molecule has 0 bridgehead atoms. The largest absolute Gasteiger partial charge is 0.345 e. The Kier molecular flexibility index (Phi) is 9.74. The molecule has 14 nitrogen and oxygen atoms in total. The van der Waals surface area contributed by atoms with Gasteiger partial charge in [-0.15, -0.1) is 0 Å². The fourth-order valence-electron chi connectivity index (χ4n) is 6.57. The number of urea groups is 2. The maximum Gasteiger partial charge on any atom is 0.345 e. The van der Waals surface area contributed by atoms with Crippen molar-refractivity contribution in [1.82, 2.24) is 9.80 Å². The minimum Gasteiger partial charge on any atom is -0.306 e. The molecule has 0 saturated heterocycles. The summed E-state index contributed by atoms with van der Waals surface area (Å²) in [6.07, 6.45) is 1.95. The number of likely N-dealkylation sites (N-methyl/N-ethyl adjacent to an activating group) is 2. The number of carbonyl (C=O) groups excluding carboxylic acids is 2. The summed E-state index contributed by atoms with van der Waals surface area (Å²) in [6.45, 7) is 4.72. The summed E-state index contributed by atoms with van der Waals surface area (Å²) in [5.74, 6) is 0. The molecule has 0 saturated carbocycles. The number of aryl methyl sites for hydroxylation is 1. The van der Waals surface area contributed by atoms with Gasteiger partial charge in [-0.05, 0) is 85.4 Å². The summed E-state index contributed by atoms with van der Waals surface area (Å²) in [5, 5.41) is 31.6. The van der Waals surface area contributed by atoms with Gasteiger partial charge in [0, 0.05) is 44.0 Å². The summed E-state index contributed by atoms with van der Waals surface area (Å²) < 4.78 is 0. The molecule has 0 fully saturated rings. The van der Waals surface area contributed by atoms with Crippen LogP contribution in [0.3, 0.4) is 0 Å². The number of nitro benzene ring substituents is 2. The molecule has 6 rings (SSSR count). The van der Waals surface area contributed by atoms with Gasteiger partial charge < -0.3 is 20.4 Å². The minimum atomic E-state index is -0.838. The lowest BCUT2D eigenvalue weighted by molar-refractivity contribution is -0.394. The minimum absolute atomic E-state index is 0.168. The normalized spacial score (nSPS) is 14.2. The lowest BCUT2D eigenvalue weighted by atomic mass is 9.97. The average Bonchev–Trinajstić information content (AvgIpc) is 3.09. The van der Waals surface area contributed by atoms with E-state index in [-0.39, 0.29) is 5.69 Å². The van der Waals surface area contributed by atoms with Crippen molar-refractivity contribution in [3.63, 3.8) is 0 Å². The van der Waals surface area contributed by atoms with Crippen LogP contribution in [0.5, 0.6) is 0 Å². The van der Waals surface area contributed by atoms with E-state index in [1.807, 2.05) is 63.5 Å². The molecule has 2 aliphatic rings. The van der Waals surface area contributed by atoms with Crippen LogP contribution < -0.4 is 20.7 Å². The first-order valence-corrected chi connectivity index (χ1v) is 16.4. The standard InChI is InChI=1S/C36H38N8O6/c1-4-24-8-5-11-27(18-24)37-35(45)41(33-12-6-9-25-22-39(2)16-14-31(25)33)42(34-13-7-10-26-23-40(3)17-15-32(26)34)36(46)38-28-19-29(43(47)48)21-30(20-28)44(49)50/h5-13,18-21H,4,14-17,22-23H2,1-3H3,(H,37,45)(H,38,46). The first kappa shape index (κ1) is 34.0. The van der Waals surface area contributed by atoms with Gasteiger partial charge in [0.2, 0.25) is 0 Å². The number of non-ortho nitro benzene ring substituents is 2. The summed E-state index contributed by atoms with van der Waals surface area (Å²) >= 11 is 0. The van der Waals surface area contributed by atoms with E-state index >= 15 is 0 Å². The molecule has 0 radical (unpaired) electrons. The quantitative estimate of drug-likeness (QED) is 0.161. The van der Waals surface area contributed by atoms with Gasteiger partial charge in [0.25, 0.3) is 11.4 Å². The number of hydrogen-bond acceptors (Lipinski definition) is 8. The lowest BCUT2D eigenvalue weighted by Gasteiger charge is -2.39. The summed E-state index contributed by atoms with van der Waals surface area (Å²) in [7, 11) is 4.03. The number of nitrogens with one attached hydrogen (secondary N) is 2. The van der Waals surface area contributed by atoms with E-state index in [1.165, 1.54) is 10.0 Å². The first-order valence-electron chi connectivity index (χ1n) is 16.4. The van der Waals surface area contributed by atoms with Crippen LogP contribution in [0, 0.1) is 20.2 Å². The van der Waals surface area contributed by atoms with Gasteiger partial charge in [-0.25, -0.2) is 9.59 Å². The van der Waals surface area contributed by atoms with Gasteiger partial charge in [-0.2, -0.15) is 10.0 Å². The van der Waals surface area contributed by atoms with E-state index in [0.717, 1.165) is 59.0 Å². The molecule has 4 aromatic rings. The van der Waals surface area contributed by atoms with Crippen LogP contribution in [0.15, 0.2) is 78.9 Å². The first-order chi connectivity index (χ1) is 24.0. The molecule has 2 heterocycles. The highest BCUT2D eigenvalue weighted by Crippen LogP contribution is 2.36. The third kappa shape index (κ3) is 7.11. The average molecular weight is 679 g/mol. The second-order valence-electron chi connectivity index (χ2n) is 12.6. The summed E-state index contributed by atoms with van der Waals surface area (Å²) in [6, 6.07) is 20.2. The van der Waals surface area contributed by atoms with Crippen LogP contribution in [0.1, 0.15) is 34.7 Å². The fourth-order valence-corrected chi connectivity index (χ4v) is 6.57. The van der Waals surface area contributed by atoms with Crippen molar-refractivity contribution in [3.8, 4) is 0 Å². The number of carbonyl (C=O) groups is 2. The molecule has 2 N–H and O–H groups in total. The SMILES string of the molecule is CCc1cccc(NC(=O)N(c2cccc3c2CCN(C)C3)N(C(=O)Nc2cc([N+](=O)[O-])cc([N+](=O)[O-])c2)c2cccc3c2CCN(C)C3)c1. The van der Waals surface area contributed by atoms with Crippen LogP contribution in [0.4, 0.5) is 43.7 Å². The van der Waals surface area contributed by atoms with Crippen molar-refractivity contribution >= 4 is 46.2 Å². The predicted octanol–water partition coefficient (Wildman–Crippen LogP) is 6.73. The Morgan fingerprint density at radius 2 is 1.18 bits per heavy atom. The van der Waals surface area contributed by atoms with Crippen molar-refractivity contribution in [2.45, 2.75) is 39.3 Å². The van der Waals surface area contributed by atoms with Crippen molar-refractivity contribution < 1.29 is 19.4 Å².